The Morgan fingerprint density at radius 3 is 1.65 bits per heavy atom. The summed E-state index contributed by atoms with van der Waals surface area (Å²) in [5.41, 5.74) is -2.48. The van der Waals surface area contributed by atoms with Crippen molar-refractivity contribution < 1.29 is 22.7 Å². The van der Waals surface area contributed by atoms with Gasteiger partial charge in [0.15, 0.2) is 5.41 Å². The Hall–Kier alpha value is -0.294. The predicted octanol–water partition coefficient (Wildman–Crippen LogP) is 3.78. The summed E-state index contributed by atoms with van der Waals surface area (Å²) in [4.78, 5) is 23.0. The largest absolute Gasteiger partial charge is 2.00 e. The minimum Gasteiger partial charge on any atom is -1.00 e. The number of hydrogen-bond donors (Lipinski definition) is 2. The van der Waals surface area contributed by atoms with E-state index in [1.54, 1.807) is 20.8 Å². The molecular weight excluding hydrogens is 268 g/mol. The third-order valence-electron chi connectivity index (χ3n) is 3.92. The maximum atomic E-state index is 11.5. The Bertz CT molecular complexity index is 303. The second-order valence-corrected chi connectivity index (χ2v) is 6.28. The van der Waals surface area contributed by atoms with Crippen molar-refractivity contribution in [2.45, 2.75) is 72.6 Å². The SMILES string of the molecule is CCCCCCCCC(C(=O)O)(C(=O)O)C(C)(C)C.[H-].[H-].[Mg+2]. The van der Waals surface area contributed by atoms with E-state index in [0.717, 1.165) is 25.7 Å². The summed E-state index contributed by atoms with van der Waals surface area (Å²) in [6.45, 7) is 7.20. The summed E-state index contributed by atoms with van der Waals surface area (Å²) in [7, 11) is 0. The first kappa shape index (κ1) is 22.0. The number of carboxylic acid groups (broad SMARTS) is 2. The summed E-state index contributed by atoms with van der Waals surface area (Å²) in [6, 6.07) is 0. The zero-order valence-electron chi connectivity index (χ0n) is 15.4. The van der Waals surface area contributed by atoms with E-state index in [0.29, 0.717) is 6.42 Å². The van der Waals surface area contributed by atoms with Crippen LogP contribution >= 0.6 is 0 Å². The van der Waals surface area contributed by atoms with Crippen molar-refractivity contribution in [3.63, 3.8) is 0 Å². The van der Waals surface area contributed by atoms with Gasteiger partial charge in [0.1, 0.15) is 0 Å². The second-order valence-electron chi connectivity index (χ2n) is 6.28. The van der Waals surface area contributed by atoms with Crippen molar-refractivity contribution in [1.82, 2.24) is 0 Å². The number of rotatable bonds is 9. The second kappa shape index (κ2) is 9.61. The van der Waals surface area contributed by atoms with Crippen LogP contribution in [0, 0.1) is 10.8 Å². The molecule has 0 saturated heterocycles. The van der Waals surface area contributed by atoms with Gasteiger partial charge in [-0.2, -0.15) is 0 Å². The quantitative estimate of drug-likeness (QED) is 0.386. The molecule has 0 spiro atoms. The van der Waals surface area contributed by atoms with Crippen LogP contribution in [0.1, 0.15) is 75.5 Å². The van der Waals surface area contributed by atoms with E-state index in [-0.39, 0.29) is 32.3 Å². The molecule has 0 atom stereocenters. The molecule has 0 aliphatic rings. The molecular formula is C15H30MgO4. The van der Waals surface area contributed by atoms with Gasteiger partial charge in [0.25, 0.3) is 0 Å². The Morgan fingerprint density at radius 1 is 0.900 bits per heavy atom. The summed E-state index contributed by atoms with van der Waals surface area (Å²) in [6.07, 6.45) is 6.29. The number of hydrogen-bond acceptors (Lipinski definition) is 2. The molecule has 0 aliphatic heterocycles. The van der Waals surface area contributed by atoms with Gasteiger partial charge < -0.3 is 13.1 Å². The van der Waals surface area contributed by atoms with Crippen molar-refractivity contribution in [3.05, 3.63) is 0 Å². The number of unbranched alkanes of at least 4 members (excludes halogenated alkanes) is 5. The van der Waals surface area contributed by atoms with Crippen molar-refractivity contribution >= 4 is 35.0 Å². The Kier molecular flexibility index (Phi) is 10.6. The molecule has 2 N–H and O–H groups in total. The molecule has 5 heteroatoms. The molecule has 0 saturated carbocycles. The topological polar surface area (TPSA) is 74.6 Å². The standard InChI is InChI=1S/C15H28O4.Mg.2H/c1-5-6-7-8-9-10-11-15(12(16)17,13(18)19)14(2,3)4;;;/h5-11H2,1-4H3,(H,16,17)(H,18,19);;;/q;+2;2*-1. The van der Waals surface area contributed by atoms with Crippen LogP contribution in [0.4, 0.5) is 0 Å². The van der Waals surface area contributed by atoms with Crippen molar-refractivity contribution in [2.75, 3.05) is 0 Å². The van der Waals surface area contributed by atoms with Crippen LogP contribution < -0.4 is 0 Å². The fourth-order valence-electron chi connectivity index (χ4n) is 2.49. The first-order chi connectivity index (χ1) is 8.70. The molecule has 0 rings (SSSR count). The van der Waals surface area contributed by atoms with Gasteiger partial charge in [-0.05, 0) is 11.8 Å². The van der Waals surface area contributed by atoms with Gasteiger partial charge in [0, 0.05) is 0 Å². The van der Waals surface area contributed by atoms with Gasteiger partial charge in [-0.15, -0.1) is 0 Å². The number of aliphatic carboxylic acids is 2. The molecule has 0 radical (unpaired) electrons. The van der Waals surface area contributed by atoms with Crippen LogP contribution in [0.25, 0.3) is 0 Å². The van der Waals surface area contributed by atoms with Crippen molar-refractivity contribution in [3.8, 4) is 0 Å². The molecule has 0 fully saturated rings. The van der Waals surface area contributed by atoms with E-state index in [2.05, 4.69) is 6.92 Å². The number of carbonyl (C=O) groups is 2. The maximum absolute atomic E-state index is 11.5. The average Bonchev–Trinajstić information content (AvgIpc) is 2.25. The van der Waals surface area contributed by atoms with E-state index < -0.39 is 22.8 Å². The Balaban J connectivity index is -0.000000540. The van der Waals surface area contributed by atoms with E-state index in [1.165, 1.54) is 6.42 Å². The third-order valence-corrected chi connectivity index (χ3v) is 3.92. The summed E-state index contributed by atoms with van der Waals surface area (Å²) >= 11 is 0. The van der Waals surface area contributed by atoms with Crippen LogP contribution in [0.2, 0.25) is 0 Å². The normalized spacial score (nSPS) is 11.8. The van der Waals surface area contributed by atoms with Gasteiger partial charge in [0.2, 0.25) is 0 Å². The van der Waals surface area contributed by atoms with Crippen LogP contribution in [0.5, 0.6) is 0 Å². The zero-order chi connectivity index (χ0) is 15.1. The minimum absolute atomic E-state index is 0. The van der Waals surface area contributed by atoms with E-state index in [4.69, 9.17) is 0 Å². The molecule has 116 valence electrons. The molecule has 4 nitrogen and oxygen atoms in total. The molecule has 0 unspecified atom stereocenters. The van der Waals surface area contributed by atoms with Gasteiger partial charge in [-0.3, -0.25) is 9.59 Å². The molecule has 20 heavy (non-hydrogen) atoms. The van der Waals surface area contributed by atoms with E-state index in [9.17, 15) is 19.8 Å². The van der Waals surface area contributed by atoms with Gasteiger partial charge in [-0.1, -0.05) is 66.2 Å². The van der Waals surface area contributed by atoms with Crippen molar-refractivity contribution in [2.24, 2.45) is 10.8 Å². The van der Waals surface area contributed by atoms with Crippen LogP contribution in [-0.4, -0.2) is 45.2 Å². The zero-order valence-corrected chi connectivity index (χ0v) is 14.8. The first-order valence-electron chi connectivity index (χ1n) is 7.17. The molecule has 0 aromatic carbocycles. The Labute approximate surface area is 141 Å². The average molecular weight is 299 g/mol. The van der Waals surface area contributed by atoms with Crippen LogP contribution in [-0.2, 0) is 9.59 Å². The van der Waals surface area contributed by atoms with Crippen LogP contribution in [0.15, 0.2) is 0 Å². The summed E-state index contributed by atoms with van der Waals surface area (Å²) < 4.78 is 0. The van der Waals surface area contributed by atoms with Crippen molar-refractivity contribution in [1.29, 1.82) is 0 Å². The summed E-state index contributed by atoms with van der Waals surface area (Å²) in [5.74, 6) is -2.44. The minimum atomic E-state index is -1.68. The molecule has 0 bridgehead atoms. The van der Waals surface area contributed by atoms with Gasteiger partial charge in [-0.25, -0.2) is 0 Å². The molecule has 0 heterocycles. The smallest absolute Gasteiger partial charge is 1.00 e. The number of carboxylic acids is 2. The molecule has 0 aromatic heterocycles. The van der Waals surface area contributed by atoms with Gasteiger partial charge in [0.05, 0.1) is 0 Å². The Morgan fingerprint density at radius 2 is 1.30 bits per heavy atom. The fraction of sp³-hybridized carbons (Fsp3) is 0.867. The molecule has 0 amide bonds. The van der Waals surface area contributed by atoms with E-state index in [1.807, 2.05) is 0 Å². The third kappa shape index (κ3) is 5.60. The maximum Gasteiger partial charge on any atom is 2.00 e. The first-order valence-corrected chi connectivity index (χ1v) is 7.17. The van der Waals surface area contributed by atoms with Crippen LogP contribution in [0.3, 0.4) is 0 Å². The predicted molar refractivity (Wildman–Crippen MR) is 83.1 cm³/mol. The van der Waals surface area contributed by atoms with E-state index >= 15 is 0 Å². The summed E-state index contributed by atoms with van der Waals surface area (Å²) in [5, 5.41) is 18.8. The molecule has 0 aliphatic carbocycles. The van der Waals surface area contributed by atoms with Gasteiger partial charge >= 0.3 is 35.0 Å². The molecule has 0 aromatic rings. The fourth-order valence-corrected chi connectivity index (χ4v) is 2.49. The monoisotopic (exact) mass is 298 g/mol.